The molecule has 0 radical (unpaired) electrons. The third-order valence-corrected chi connectivity index (χ3v) is 4.61. The minimum Gasteiger partial charge on any atom is -0.367 e. The van der Waals surface area contributed by atoms with Crippen molar-refractivity contribution in [2.75, 3.05) is 26.4 Å². The third kappa shape index (κ3) is 6.73. The summed E-state index contributed by atoms with van der Waals surface area (Å²) in [4.78, 5) is 5.21. The Balaban J connectivity index is 3.01. The first-order valence-electron chi connectivity index (χ1n) is 6.77. The Morgan fingerprint density at radius 1 is 1.15 bits per heavy atom. The normalized spacial score (nSPS) is 11.4. The van der Waals surface area contributed by atoms with E-state index in [0.717, 1.165) is 24.1 Å². The monoisotopic (exact) mass is 296 g/mol. The molecule has 0 unspecified atom stereocenters. The summed E-state index contributed by atoms with van der Waals surface area (Å²) >= 11 is 0. The molecule has 4 nitrogen and oxygen atoms in total. The number of nitrogens with one attached hydrogen (secondary N) is 1. The van der Waals surface area contributed by atoms with Crippen molar-refractivity contribution in [3.8, 4) is 0 Å². The van der Waals surface area contributed by atoms with Gasteiger partial charge in [0, 0.05) is 24.7 Å². The molecule has 1 aromatic heterocycles. The number of rotatable bonds is 6. The number of likely N-dealkylation sites (N-methyl/N-ethyl adjacent to an activating group) is 1. The summed E-state index contributed by atoms with van der Waals surface area (Å²) in [6.07, 6.45) is 4.67. The molecule has 0 amide bonds. The highest BCUT2D eigenvalue weighted by Gasteiger charge is 2.07. The molecule has 20 heavy (non-hydrogen) atoms. The van der Waals surface area contributed by atoms with Gasteiger partial charge in [0.2, 0.25) is 0 Å². The largest absolute Gasteiger partial charge is 0.367 e. The zero-order valence-corrected chi connectivity index (χ0v) is 13.3. The van der Waals surface area contributed by atoms with Crippen LogP contribution in [0.2, 0.25) is 0 Å². The molecule has 0 bridgehead atoms. The van der Waals surface area contributed by atoms with Gasteiger partial charge in [-0.05, 0) is 37.7 Å². The quantitative estimate of drug-likeness (QED) is 0.875. The summed E-state index contributed by atoms with van der Waals surface area (Å²) in [6.45, 7) is 2.63. The number of aromatic nitrogens is 1. The van der Waals surface area contributed by atoms with Crippen LogP contribution < -0.4 is 0 Å². The first-order valence-corrected chi connectivity index (χ1v) is 8.59. The van der Waals surface area contributed by atoms with Crippen molar-refractivity contribution >= 4 is 9.84 Å². The van der Waals surface area contributed by atoms with E-state index in [0.29, 0.717) is 0 Å². The smallest absolute Gasteiger partial charge is 0.154 e. The van der Waals surface area contributed by atoms with Crippen LogP contribution in [-0.4, -0.2) is 44.7 Å². The lowest BCUT2D eigenvalue weighted by molar-refractivity contribution is 0.413. The average Bonchev–Trinajstić information content (AvgIpc) is 2.49. The van der Waals surface area contributed by atoms with Crippen molar-refractivity contribution in [2.24, 2.45) is 0 Å². The van der Waals surface area contributed by atoms with Crippen LogP contribution in [0.4, 0.5) is 0 Å². The number of aromatic amines is 1. The molecule has 1 aromatic rings. The average molecular weight is 296 g/mol. The molecule has 0 spiro atoms. The second kappa shape index (κ2) is 8.07. The van der Waals surface area contributed by atoms with E-state index in [1.54, 1.807) is 13.1 Å². The van der Waals surface area contributed by atoms with Gasteiger partial charge in [-0.15, -0.1) is 0 Å². The molecule has 1 rings (SSSR count). The van der Waals surface area contributed by atoms with E-state index in [9.17, 15) is 8.42 Å². The van der Waals surface area contributed by atoms with Gasteiger partial charge in [-0.25, -0.2) is 8.42 Å². The van der Waals surface area contributed by atoms with Crippen LogP contribution in [0.3, 0.4) is 0 Å². The lowest BCUT2D eigenvalue weighted by Gasteiger charge is -2.07. The maximum Gasteiger partial charge on any atom is 0.154 e. The van der Waals surface area contributed by atoms with Gasteiger partial charge < -0.3 is 9.88 Å². The SMILES string of the molecule is CCS(=O)(=O)Cc1ccc[nH]cc(CCN(C)C)cc1. The van der Waals surface area contributed by atoms with Crippen molar-refractivity contribution in [3.63, 3.8) is 0 Å². The Hall–Kier alpha value is -1.33. The van der Waals surface area contributed by atoms with Gasteiger partial charge in [-0.2, -0.15) is 0 Å². The van der Waals surface area contributed by atoms with Crippen LogP contribution in [-0.2, 0) is 22.0 Å². The molecule has 0 atom stereocenters. The second-order valence-electron chi connectivity index (χ2n) is 5.05. The Morgan fingerprint density at radius 3 is 2.50 bits per heavy atom. The summed E-state index contributed by atoms with van der Waals surface area (Å²) in [6, 6.07) is 7.54. The summed E-state index contributed by atoms with van der Waals surface area (Å²) < 4.78 is 23.4. The summed E-state index contributed by atoms with van der Waals surface area (Å²) in [5, 5.41) is 0. The molecule has 0 aliphatic heterocycles. The Morgan fingerprint density at radius 2 is 1.85 bits per heavy atom. The minimum absolute atomic E-state index is 0.0886. The van der Waals surface area contributed by atoms with E-state index in [4.69, 9.17) is 0 Å². The van der Waals surface area contributed by atoms with E-state index >= 15 is 0 Å². The molecular formula is C15H24N2O2S. The maximum atomic E-state index is 11.7. The van der Waals surface area contributed by atoms with Gasteiger partial charge in [0.05, 0.1) is 5.75 Å². The Labute approximate surface area is 122 Å². The van der Waals surface area contributed by atoms with E-state index in [-0.39, 0.29) is 11.5 Å². The van der Waals surface area contributed by atoms with E-state index < -0.39 is 9.84 Å². The number of hydrogen-bond donors (Lipinski definition) is 1. The Bertz CT molecular complexity index is 561. The highest BCUT2D eigenvalue weighted by atomic mass is 32.2. The lowest BCUT2D eigenvalue weighted by Crippen LogP contribution is -2.14. The number of nitrogens with zero attached hydrogens (tertiary/aromatic N) is 1. The lowest BCUT2D eigenvalue weighted by atomic mass is 10.2. The van der Waals surface area contributed by atoms with E-state index in [2.05, 4.69) is 9.88 Å². The molecular weight excluding hydrogens is 272 g/mol. The van der Waals surface area contributed by atoms with Gasteiger partial charge in [0.25, 0.3) is 0 Å². The van der Waals surface area contributed by atoms with Gasteiger partial charge in [-0.1, -0.05) is 25.1 Å². The summed E-state index contributed by atoms with van der Waals surface area (Å²) in [7, 11) is 1.06. The predicted molar refractivity (Wildman–Crippen MR) is 83.8 cm³/mol. The highest BCUT2D eigenvalue weighted by molar-refractivity contribution is 7.90. The zero-order valence-electron chi connectivity index (χ0n) is 12.5. The van der Waals surface area contributed by atoms with Crippen LogP contribution in [0.1, 0.15) is 18.1 Å². The first-order chi connectivity index (χ1) is 9.43. The molecule has 1 heterocycles. The van der Waals surface area contributed by atoms with Crippen LogP contribution in [0.25, 0.3) is 0 Å². The van der Waals surface area contributed by atoms with Crippen molar-refractivity contribution < 1.29 is 8.42 Å². The van der Waals surface area contributed by atoms with Crippen LogP contribution >= 0.6 is 0 Å². The summed E-state index contributed by atoms with van der Waals surface area (Å²) in [5.74, 6) is 0.259. The topological polar surface area (TPSA) is 53.2 Å². The zero-order chi connectivity index (χ0) is 15.0. The molecule has 1 N–H and O–H groups in total. The van der Waals surface area contributed by atoms with Crippen molar-refractivity contribution in [2.45, 2.75) is 19.1 Å². The molecule has 0 aromatic carbocycles. The Kier molecular flexibility index (Phi) is 6.75. The number of sulfone groups is 1. The second-order valence-corrected chi connectivity index (χ2v) is 7.40. The minimum atomic E-state index is -3.00. The molecule has 112 valence electrons. The van der Waals surface area contributed by atoms with Gasteiger partial charge >= 0.3 is 0 Å². The molecule has 5 heteroatoms. The number of H-pyrrole nitrogens is 1. The molecule has 0 fully saturated rings. The van der Waals surface area contributed by atoms with Crippen LogP contribution in [0.15, 0.2) is 36.7 Å². The maximum absolute atomic E-state index is 11.7. The molecule has 0 aliphatic carbocycles. The predicted octanol–water partition coefficient (Wildman–Crippen LogP) is 2.18. The van der Waals surface area contributed by atoms with E-state index in [1.165, 1.54) is 0 Å². The fraction of sp³-hybridized carbons (Fsp3) is 0.467. The fourth-order valence-corrected chi connectivity index (χ4v) is 2.57. The van der Waals surface area contributed by atoms with Gasteiger partial charge in [0.1, 0.15) is 0 Å². The fourth-order valence-electron chi connectivity index (χ4n) is 1.66. The molecule has 0 saturated heterocycles. The highest BCUT2D eigenvalue weighted by Crippen LogP contribution is 2.06. The van der Waals surface area contributed by atoms with Crippen molar-refractivity contribution in [1.29, 1.82) is 0 Å². The standard InChI is InChI=1S/C15H24N2O2S/c1-4-20(18,19)13-15-6-5-10-16-12-14(7-8-15)9-11-17(2)3/h5-8,10,12,16H,4,9,11,13H2,1-3H3. The van der Waals surface area contributed by atoms with Gasteiger partial charge in [0.15, 0.2) is 9.84 Å². The van der Waals surface area contributed by atoms with Crippen LogP contribution in [0.5, 0.6) is 0 Å². The van der Waals surface area contributed by atoms with Crippen molar-refractivity contribution in [1.82, 2.24) is 9.88 Å². The summed E-state index contributed by atoms with van der Waals surface area (Å²) in [5.41, 5.74) is 1.95. The number of hydrogen-bond acceptors (Lipinski definition) is 3. The van der Waals surface area contributed by atoms with Gasteiger partial charge in [-0.3, -0.25) is 0 Å². The van der Waals surface area contributed by atoms with E-state index in [1.807, 2.05) is 44.6 Å². The molecule has 0 aliphatic rings. The van der Waals surface area contributed by atoms with Crippen molar-refractivity contribution in [3.05, 3.63) is 47.8 Å². The molecule has 0 saturated carbocycles. The first kappa shape index (κ1) is 16.7. The van der Waals surface area contributed by atoms with Crippen LogP contribution in [0, 0.1) is 0 Å². The third-order valence-electron chi connectivity index (χ3n) is 2.96.